The minimum absolute atomic E-state index is 0.837. The summed E-state index contributed by atoms with van der Waals surface area (Å²) in [6, 6.07) is 0. The van der Waals surface area contributed by atoms with Crippen LogP contribution in [0, 0.1) is 11.8 Å². The van der Waals surface area contributed by atoms with Gasteiger partial charge < -0.3 is 4.74 Å². The standard InChI is InChI=1S/C13H28O/c1-5-13(6-2)9-7-8-12(3)10-11-14-4/h12-13H,5-11H2,1-4H3. The summed E-state index contributed by atoms with van der Waals surface area (Å²) in [5, 5.41) is 0. The highest BCUT2D eigenvalue weighted by Gasteiger charge is 2.05. The van der Waals surface area contributed by atoms with Gasteiger partial charge in [-0.15, -0.1) is 0 Å². The van der Waals surface area contributed by atoms with Crippen molar-refractivity contribution in [3.05, 3.63) is 0 Å². The molecule has 1 heteroatoms. The van der Waals surface area contributed by atoms with E-state index in [-0.39, 0.29) is 0 Å². The van der Waals surface area contributed by atoms with E-state index in [9.17, 15) is 0 Å². The van der Waals surface area contributed by atoms with Gasteiger partial charge in [-0.25, -0.2) is 0 Å². The summed E-state index contributed by atoms with van der Waals surface area (Å²) in [6.45, 7) is 7.88. The van der Waals surface area contributed by atoms with E-state index in [2.05, 4.69) is 20.8 Å². The van der Waals surface area contributed by atoms with Crippen molar-refractivity contribution in [1.82, 2.24) is 0 Å². The average molecular weight is 200 g/mol. The predicted octanol–water partition coefficient (Wildman–Crippen LogP) is 4.27. The van der Waals surface area contributed by atoms with Crippen LogP contribution in [0.4, 0.5) is 0 Å². The Morgan fingerprint density at radius 1 is 1.00 bits per heavy atom. The summed E-state index contributed by atoms with van der Waals surface area (Å²) in [4.78, 5) is 0. The van der Waals surface area contributed by atoms with Crippen LogP contribution in [0.15, 0.2) is 0 Å². The molecule has 1 unspecified atom stereocenters. The van der Waals surface area contributed by atoms with Crippen LogP contribution < -0.4 is 0 Å². The summed E-state index contributed by atoms with van der Waals surface area (Å²) in [5.74, 6) is 1.80. The van der Waals surface area contributed by atoms with Gasteiger partial charge in [-0.05, 0) is 18.3 Å². The minimum Gasteiger partial charge on any atom is -0.385 e. The molecule has 0 aromatic heterocycles. The summed E-state index contributed by atoms with van der Waals surface area (Å²) >= 11 is 0. The van der Waals surface area contributed by atoms with E-state index in [0.29, 0.717) is 0 Å². The zero-order chi connectivity index (χ0) is 10.8. The van der Waals surface area contributed by atoms with Crippen LogP contribution in [-0.2, 0) is 4.74 Å². The number of hydrogen-bond donors (Lipinski definition) is 0. The fourth-order valence-electron chi connectivity index (χ4n) is 1.92. The van der Waals surface area contributed by atoms with Crippen molar-refractivity contribution in [3.8, 4) is 0 Å². The first-order chi connectivity index (χ1) is 6.74. The molecule has 14 heavy (non-hydrogen) atoms. The lowest BCUT2D eigenvalue weighted by molar-refractivity contribution is 0.177. The average Bonchev–Trinajstić information content (AvgIpc) is 2.21. The van der Waals surface area contributed by atoms with Crippen LogP contribution in [0.2, 0.25) is 0 Å². The molecule has 0 heterocycles. The van der Waals surface area contributed by atoms with Gasteiger partial charge in [0.2, 0.25) is 0 Å². The van der Waals surface area contributed by atoms with Gasteiger partial charge in [0, 0.05) is 13.7 Å². The van der Waals surface area contributed by atoms with Gasteiger partial charge in [-0.3, -0.25) is 0 Å². The van der Waals surface area contributed by atoms with Crippen molar-refractivity contribution < 1.29 is 4.74 Å². The van der Waals surface area contributed by atoms with Crippen molar-refractivity contribution in [3.63, 3.8) is 0 Å². The summed E-state index contributed by atoms with van der Waals surface area (Å²) in [6.07, 6.45) is 8.12. The molecule has 0 radical (unpaired) electrons. The molecule has 0 spiro atoms. The maximum Gasteiger partial charge on any atom is 0.0464 e. The Bertz CT molecular complexity index is 108. The lowest BCUT2D eigenvalue weighted by atomic mass is 9.93. The molecule has 0 aliphatic carbocycles. The second kappa shape index (κ2) is 9.51. The molecule has 0 aromatic rings. The Kier molecular flexibility index (Phi) is 9.49. The van der Waals surface area contributed by atoms with Crippen molar-refractivity contribution in [2.24, 2.45) is 11.8 Å². The first-order valence-electron chi connectivity index (χ1n) is 6.23. The fraction of sp³-hybridized carbons (Fsp3) is 1.00. The molecular weight excluding hydrogens is 172 g/mol. The SMILES string of the molecule is CCC(CC)CCCC(C)CCOC. The molecule has 0 aliphatic heterocycles. The van der Waals surface area contributed by atoms with Crippen molar-refractivity contribution in [2.45, 2.75) is 59.3 Å². The molecule has 0 rings (SSSR count). The van der Waals surface area contributed by atoms with Crippen LogP contribution in [-0.4, -0.2) is 13.7 Å². The van der Waals surface area contributed by atoms with Crippen LogP contribution in [0.3, 0.4) is 0 Å². The van der Waals surface area contributed by atoms with Crippen LogP contribution in [0.1, 0.15) is 59.3 Å². The Hall–Kier alpha value is -0.0400. The number of ether oxygens (including phenoxy) is 1. The lowest BCUT2D eigenvalue weighted by Crippen LogP contribution is -2.02. The quantitative estimate of drug-likeness (QED) is 0.540. The van der Waals surface area contributed by atoms with Gasteiger partial charge in [0.25, 0.3) is 0 Å². The van der Waals surface area contributed by atoms with Gasteiger partial charge in [-0.2, -0.15) is 0 Å². The maximum absolute atomic E-state index is 5.08. The molecule has 0 aromatic carbocycles. The summed E-state index contributed by atoms with van der Waals surface area (Å²) < 4.78 is 5.08. The summed E-state index contributed by atoms with van der Waals surface area (Å²) in [7, 11) is 1.79. The van der Waals surface area contributed by atoms with Gasteiger partial charge in [0.05, 0.1) is 0 Å². The van der Waals surface area contributed by atoms with Crippen LogP contribution in [0.5, 0.6) is 0 Å². The normalized spacial score (nSPS) is 13.5. The van der Waals surface area contributed by atoms with Gasteiger partial charge in [0.15, 0.2) is 0 Å². The highest BCUT2D eigenvalue weighted by Crippen LogP contribution is 2.19. The number of methoxy groups -OCH3 is 1. The van der Waals surface area contributed by atoms with Gasteiger partial charge >= 0.3 is 0 Å². The molecular formula is C13H28O. The molecule has 1 atom stereocenters. The highest BCUT2D eigenvalue weighted by molar-refractivity contribution is 4.58. The molecule has 0 aliphatic rings. The van der Waals surface area contributed by atoms with Gasteiger partial charge in [-0.1, -0.05) is 52.9 Å². The Morgan fingerprint density at radius 2 is 1.64 bits per heavy atom. The lowest BCUT2D eigenvalue weighted by Gasteiger charge is -2.14. The fourth-order valence-corrected chi connectivity index (χ4v) is 1.92. The zero-order valence-corrected chi connectivity index (χ0v) is 10.5. The zero-order valence-electron chi connectivity index (χ0n) is 10.5. The van der Waals surface area contributed by atoms with E-state index < -0.39 is 0 Å². The molecule has 0 saturated heterocycles. The van der Waals surface area contributed by atoms with E-state index >= 15 is 0 Å². The Labute approximate surface area is 90.2 Å². The van der Waals surface area contributed by atoms with Crippen LogP contribution >= 0.6 is 0 Å². The number of rotatable bonds is 9. The monoisotopic (exact) mass is 200 g/mol. The van der Waals surface area contributed by atoms with Crippen molar-refractivity contribution >= 4 is 0 Å². The van der Waals surface area contributed by atoms with Crippen LogP contribution in [0.25, 0.3) is 0 Å². The Balaban J connectivity index is 3.33. The number of hydrogen-bond acceptors (Lipinski definition) is 1. The van der Waals surface area contributed by atoms with E-state index in [1.54, 1.807) is 7.11 Å². The molecule has 0 bridgehead atoms. The van der Waals surface area contributed by atoms with Gasteiger partial charge in [0.1, 0.15) is 0 Å². The predicted molar refractivity (Wildman–Crippen MR) is 63.6 cm³/mol. The molecule has 1 nitrogen and oxygen atoms in total. The third-order valence-electron chi connectivity index (χ3n) is 3.28. The first kappa shape index (κ1) is 14.0. The van der Waals surface area contributed by atoms with Crippen molar-refractivity contribution in [2.75, 3.05) is 13.7 Å². The summed E-state index contributed by atoms with van der Waals surface area (Å²) in [5.41, 5.74) is 0. The second-order valence-corrected chi connectivity index (χ2v) is 4.50. The Morgan fingerprint density at radius 3 is 2.14 bits per heavy atom. The largest absolute Gasteiger partial charge is 0.385 e. The molecule has 0 fully saturated rings. The third kappa shape index (κ3) is 7.37. The molecule has 0 N–H and O–H groups in total. The highest BCUT2D eigenvalue weighted by atomic mass is 16.5. The van der Waals surface area contributed by atoms with E-state index in [1.807, 2.05) is 0 Å². The smallest absolute Gasteiger partial charge is 0.0464 e. The van der Waals surface area contributed by atoms with Crippen molar-refractivity contribution in [1.29, 1.82) is 0 Å². The van der Waals surface area contributed by atoms with E-state index in [0.717, 1.165) is 18.4 Å². The topological polar surface area (TPSA) is 9.23 Å². The van der Waals surface area contributed by atoms with E-state index in [1.165, 1.54) is 38.5 Å². The molecule has 86 valence electrons. The molecule has 0 saturated carbocycles. The minimum atomic E-state index is 0.837. The first-order valence-corrected chi connectivity index (χ1v) is 6.23. The second-order valence-electron chi connectivity index (χ2n) is 4.50. The molecule has 0 amide bonds. The third-order valence-corrected chi connectivity index (χ3v) is 3.28. The maximum atomic E-state index is 5.08. The van der Waals surface area contributed by atoms with E-state index in [4.69, 9.17) is 4.74 Å².